The summed E-state index contributed by atoms with van der Waals surface area (Å²) in [6.45, 7) is 5.40. The van der Waals surface area contributed by atoms with Crippen molar-refractivity contribution < 1.29 is 13.2 Å². The summed E-state index contributed by atoms with van der Waals surface area (Å²) in [5.41, 5.74) is -0.106. The molecule has 0 aromatic heterocycles. The van der Waals surface area contributed by atoms with E-state index in [9.17, 15) is 8.42 Å². The number of nitrogens with one attached hydrogen (secondary N) is 2. The van der Waals surface area contributed by atoms with Crippen molar-refractivity contribution in [1.29, 1.82) is 0 Å². The number of sulfonamides is 1. The molecule has 2 aliphatic carbocycles. The van der Waals surface area contributed by atoms with Gasteiger partial charge in [0.05, 0.1) is 12.4 Å². The average Bonchev–Trinajstić information content (AvgIpc) is 2.57. The summed E-state index contributed by atoms with van der Waals surface area (Å²) in [7, 11) is -3.17. The molecular formula is C14H26N2O3S. The molecule has 0 aromatic carbocycles. The van der Waals surface area contributed by atoms with Gasteiger partial charge in [-0.3, -0.25) is 0 Å². The molecule has 3 fully saturated rings. The summed E-state index contributed by atoms with van der Waals surface area (Å²) in [5, 5.41) is 3.64. The van der Waals surface area contributed by atoms with Gasteiger partial charge in [-0.15, -0.1) is 0 Å². The topological polar surface area (TPSA) is 67.4 Å². The van der Waals surface area contributed by atoms with Gasteiger partial charge in [-0.1, -0.05) is 6.42 Å². The van der Waals surface area contributed by atoms with Gasteiger partial charge in [-0.05, 0) is 33.1 Å². The van der Waals surface area contributed by atoms with Crippen molar-refractivity contribution in [2.24, 2.45) is 11.3 Å². The van der Waals surface area contributed by atoms with E-state index in [0.29, 0.717) is 30.0 Å². The van der Waals surface area contributed by atoms with Crippen LogP contribution in [0, 0.1) is 11.3 Å². The normalized spacial score (nSPS) is 35.5. The predicted octanol–water partition coefficient (Wildman–Crippen LogP) is 0.861. The van der Waals surface area contributed by atoms with E-state index < -0.39 is 15.6 Å². The van der Waals surface area contributed by atoms with Crippen LogP contribution in [0.2, 0.25) is 0 Å². The molecule has 3 aliphatic rings. The average molecular weight is 302 g/mol. The molecule has 0 bridgehead atoms. The van der Waals surface area contributed by atoms with Gasteiger partial charge >= 0.3 is 0 Å². The second kappa shape index (κ2) is 4.66. The lowest BCUT2D eigenvalue weighted by Crippen LogP contribution is -2.72. The maximum atomic E-state index is 11.4. The fraction of sp³-hybridized carbons (Fsp3) is 1.00. The van der Waals surface area contributed by atoms with Crippen LogP contribution in [0.15, 0.2) is 0 Å². The van der Waals surface area contributed by atoms with Crippen LogP contribution in [0.1, 0.15) is 39.5 Å². The summed E-state index contributed by atoms with van der Waals surface area (Å²) in [6.07, 6.45) is 6.63. The molecule has 20 heavy (non-hydrogen) atoms. The molecule has 0 radical (unpaired) electrons. The highest BCUT2D eigenvalue weighted by atomic mass is 32.2. The van der Waals surface area contributed by atoms with Gasteiger partial charge in [-0.2, -0.15) is 0 Å². The summed E-state index contributed by atoms with van der Waals surface area (Å²) in [5.74, 6) is 0.629. The quantitative estimate of drug-likeness (QED) is 0.790. The SMILES string of the molecule is CC(C)(CN[C@@H]1[C@@H]2CCO[C@H]2C12CCC2)NS(C)(=O)=O. The van der Waals surface area contributed by atoms with Gasteiger partial charge in [0.2, 0.25) is 10.0 Å². The third kappa shape index (κ3) is 2.40. The van der Waals surface area contributed by atoms with Crippen LogP contribution in [0.25, 0.3) is 0 Å². The van der Waals surface area contributed by atoms with Gasteiger partial charge in [0.25, 0.3) is 0 Å². The van der Waals surface area contributed by atoms with E-state index in [2.05, 4.69) is 10.0 Å². The molecule has 1 saturated heterocycles. The van der Waals surface area contributed by atoms with E-state index in [0.717, 1.165) is 13.0 Å². The highest BCUT2D eigenvalue weighted by molar-refractivity contribution is 7.88. The molecular weight excluding hydrogens is 276 g/mol. The second-order valence-corrected chi connectivity index (χ2v) is 9.20. The molecule has 3 rings (SSSR count). The van der Waals surface area contributed by atoms with Crippen LogP contribution in [0.5, 0.6) is 0 Å². The van der Waals surface area contributed by atoms with Crippen LogP contribution in [-0.2, 0) is 14.8 Å². The van der Waals surface area contributed by atoms with Crippen molar-refractivity contribution in [2.75, 3.05) is 19.4 Å². The van der Waals surface area contributed by atoms with E-state index in [4.69, 9.17) is 4.74 Å². The summed E-state index contributed by atoms with van der Waals surface area (Å²) in [4.78, 5) is 0. The van der Waals surface area contributed by atoms with Crippen LogP contribution in [0.4, 0.5) is 0 Å². The first kappa shape index (κ1) is 14.8. The minimum absolute atomic E-state index is 0.350. The van der Waals surface area contributed by atoms with E-state index >= 15 is 0 Å². The van der Waals surface area contributed by atoms with Crippen LogP contribution >= 0.6 is 0 Å². The molecule has 0 amide bonds. The van der Waals surface area contributed by atoms with Gasteiger partial charge in [-0.25, -0.2) is 13.1 Å². The van der Waals surface area contributed by atoms with E-state index in [-0.39, 0.29) is 0 Å². The first-order valence-corrected chi connectivity index (χ1v) is 9.47. The Morgan fingerprint density at radius 2 is 2.05 bits per heavy atom. The Kier molecular flexibility index (Phi) is 3.44. The number of hydrogen-bond donors (Lipinski definition) is 2. The highest BCUT2D eigenvalue weighted by Crippen LogP contribution is 2.62. The molecule has 6 heteroatoms. The molecule has 116 valence electrons. The Hall–Kier alpha value is -0.170. The first-order chi connectivity index (χ1) is 9.24. The first-order valence-electron chi connectivity index (χ1n) is 7.58. The van der Waals surface area contributed by atoms with Crippen LogP contribution < -0.4 is 10.0 Å². The number of rotatable bonds is 5. The van der Waals surface area contributed by atoms with Crippen LogP contribution in [-0.4, -0.2) is 45.5 Å². The van der Waals surface area contributed by atoms with Crippen molar-refractivity contribution >= 4 is 10.0 Å². The van der Waals surface area contributed by atoms with E-state index in [1.54, 1.807) is 0 Å². The Morgan fingerprint density at radius 3 is 2.60 bits per heavy atom. The zero-order valence-electron chi connectivity index (χ0n) is 12.6. The monoisotopic (exact) mass is 302 g/mol. The van der Waals surface area contributed by atoms with E-state index in [1.807, 2.05) is 13.8 Å². The number of fused-ring (bicyclic) bond motifs is 2. The van der Waals surface area contributed by atoms with Crippen molar-refractivity contribution in [3.8, 4) is 0 Å². The molecule has 1 spiro atoms. The highest BCUT2D eigenvalue weighted by Gasteiger charge is 2.66. The second-order valence-electron chi connectivity index (χ2n) is 7.45. The summed E-state index contributed by atoms with van der Waals surface area (Å²) < 4.78 is 31.4. The lowest BCUT2D eigenvalue weighted by Gasteiger charge is -2.63. The largest absolute Gasteiger partial charge is 0.377 e. The van der Waals surface area contributed by atoms with E-state index in [1.165, 1.54) is 25.5 Å². The lowest BCUT2D eigenvalue weighted by atomic mass is 9.46. The molecule has 2 N–H and O–H groups in total. The third-order valence-corrected chi connectivity index (χ3v) is 6.19. The molecule has 0 aromatic rings. The molecule has 1 heterocycles. The lowest BCUT2D eigenvalue weighted by molar-refractivity contribution is -0.176. The van der Waals surface area contributed by atoms with Crippen LogP contribution in [0.3, 0.4) is 0 Å². The van der Waals surface area contributed by atoms with Gasteiger partial charge in [0.1, 0.15) is 0 Å². The number of hydrogen-bond acceptors (Lipinski definition) is 4. The fourth-order valence-corrected chi connectivity index (χ4v) is 5.54. The zero-order chi connectivity index (χ0) is 14.6. The maximum Gasteiger partial charge on any atom is 0.209 e. The standard InChI is InChI=1S/C14H26N2O3S/c1-13(2,16-20(3,17)18)9-15-11-10-5-8-19-12(10)14(11)6-4-7-14/h10-12,15-16H,4-9H2,1-3H3/t10-,11+,12+/m0/s1. The third-order valence-electron chi connectivity index (χ3n) is 5.26. The van der Waals surface area contributed by atoms with Crippen molar-refractivity contribution in [3.63, 3.8) is 0 Å². The molecule has 0 unspecified atom stereocenters. The zero-order valence-corrected chi connectivity index (χ0v) is 13.4. The molecule has 5 nitrogen and oxygen atoms in total. The fourth-order valence-electron chi connectivity index (χ4n) is 4.46. The molecule has 1 aliphatic heterocycles. The summed E-state index contributed by atoms with van der Waals surface area (Å²) in [6, 6.07) is 0.504. The minimum Gasteiger partial charge on any atom is -0.377 e. The number of ether oxygens (including phenoxy) is 1. The Bertz CT molecular complexity index is 485. The van der Waals surface area contributed by atoms with Crippen molar-refractivity contribution in [1.82, 2.24) is 10.0 Å². The van der Waals surface area contributed by atoms with Crippen molar-refractivity contribution in [2.45, 2.75) is 57.2 Å². The summed E-state index contributed by atoms with van der Waals surface area (Å²) >= 11 is 0. The Balaban J connectivity index is 1.61. The Labute approximate surface area is 121 Å². The molecule has 2 saturated carbocycles. The molecule has 3 atom stereocenters. The maximum absolute atomic E-state index is 11.4. The van der Waals surface area contributed by atoms with Crippen molar-refractivity contribution in [3.05, 3.63) is 0 Å². The van der Waals surface area contributed by atoms with Gasteiger partial charge in [0, 0.05) is 36.1 Å². The smallest absolute Gasteiger partial charge is 0.209 e. The predicted molar refractivity (Wildman–Crippen MR) is 78.0 cm³/mol. The van der Waals surface area contributed by atoms with Gasteiger partial charge in [0.15, 0.2) is 0 Å². The Morgan fingerprint density at radius 1 is 1.35 bits per heavy atom. The minimum atomic E-state index is -3.17. The van der Waals surface area contributed by atoms with Gasteiger partial charge < -0.3 is 10.1 Å².